The summed E-state index contributed by atoms with van der Waals surface area (Å²) in [5, 5.41) is 9.19. The van der Waals surface area contributed by atoms with E-state index < -0.39 is 0 Å². The van der Waals surface area contributed by atoms with Gasteiger partial charge in [0.15, 0.2) is 0 Å². The molecule has 4 heteroatoms. The largest absolute Gasteiger partial charge is 0.460 e. The first-order valence-corrected chi connectivity index (χ1v) is 7.64. The second-order valence-electron chi connectivity index (χ2n) is 5.68. The molecule has 1 fully saturated rings. The van der Waals surface area contributed by atoms with Crippen LogP contribution < -0.4 is 0 Å². The molecule has 114 valence electrons. The fourth-order valence-corrected chi connectivity index (χ4v) is 2.90. The molecular formula is C18H20N2O2. The molecule has 0 spiro atoms. The topological polar surface area (TPSA) is 49.4 Å². The fourth-order valence-electron chi connectivity index (χ4n) is 2.90. The van der Waals surface area contributed by atoms with Gasteiger partial charge in [0.05, 0.1) is 18.2 Å². The molecule has 22 heavy (non-hydrogen) atoms. The summed E-state index contributed by atoms with van der Waals surface area (Å²) in [7, 11) is 2.13. The molecule has 2 aromatic rings. The Bertz CT molecular complexity index is 666. The summed E-state index contributed by atoms with van der Waals surface area (Å²) in [6.07, 6.45) is 2.14. The molecule has 1 aromatic carbocycles. The molecule has 0 saturated carbocycles. The van der Waals surface area contributed by atoms with Crippen molar-refractivity contribution in [1.29, 1.82) is 5.26 Å². The highest BCUT2D eigenvalue weighted by Gasteiger charge is 2.19. The van der Waals surface area contributed by atoms with Gasteiger partial charge in [-0.25, -0.2) is 0 Å². The molecule has 2 heterocycles. The highest BCUT2D eigenvalue weighted by Crippen LogP contribution is 2.26. The maximum Gasteiger partial charge on any atom is 0.135 e. The first-order chi connectivity index (χ1) is 10.8. The molecule has 0 bridgehead atoms. The highest BCUT2D eigenvalue weighted by molar-refractivity contribution is 5.66. The van der Waals surface area contributed by atoms with Crippen molar-refractivity contribution in [2.45, 2.75) is 25.4 Å². The van der Waals surface area contributed by atoms with E-state index in [1.807, 2.05) is 36.4 Å². The van der Waals surface area contributed by atoms with Crippen LogP contribution in [-0.2, 0) is 11.3 Å². The van der Waals surface area contributed by atoms with E-state index in [-0.39, 0.29) is 0 Å². The van der Waals surface area contributed by atoms with Crippen LogP contribution >= 0.6 is 0 Å². The Labute approximate surface area is 130 Å². The van der Waals surface area contributed by atoms with Crippen LogP contribution in [0, 0.1) is 11.3 Å². The van der Waals surface area contributed by atoms with Gasteiger partial charge in [-0.15, -0.1) is 0 Å². The van der Waals surface area contributed by atoms with Crippen molar-refractivity contribution in [1.82, 2.24) is 4.90 Å². The Morgan fingerprint density at radius 2 is 1.95 bits per heavy atom. The molecule has 0 amide bonds. The van der Waals surface area contributed by atoms with E-state index in [0.29, 0.717) is 11.6 Å². The zero-order chi connectivity index (χ0) is 15.4. The minimum Gasteiger partial charge on any atom is -0.460 e. The number of furan rings is 1. The van der Waals surface area contributed by atoms with Gasteiger partial charge < -0.3 is 9.15 Å². The van der Waals surface area contributed by atoms with Crippen molar-refractivity contribution in [2.24, 2.45) is 0 Å². The summed E-state index contributed by atoms with van der Waals surface area (Å²) in [5.74, 6) is 1.68. The lowest BCUT2D eigenvalue weighted by Gasteiger charge is -2.30. The van der Waals surface area contributed by atoms with Gasteiger partial charge in [0, 0.05) is 24.8 Å². The normalized spacial score (nSPS) is 15.9. The lowest BCUT2D eigenvalue weighted by molar-refractivity contribution is 0.0388. The Kier molecular flexibility index (Phi) is 4.57. The molecule has 3 rings (SSSR count). The number of hydrogen-bond acceptors (Lipinski definition) is 4. The molecular weight excluding hydrogens is 276 g/mol. The second kappa shape index (κ2) is 6.78. The average molecular weight is 296 g/mol. The molecule has 1 aromatic heterocycles. The minimum atomic E-state index is 0.550. The van der Waals surface area contributed by atoms with Gasteiger partial charge in [0.2, 0.25) is 0 Å². The number of benzene rings is 1. The van der Waals surface area contributed by atoms with E-state index in [1.165, 1.54) is 0 Å². The quantitative estimate of drug-likeness (QED) is 0.867. The van der Waals surface area contributed by atoms with Crippen LogP contribution in [0.4, 0.5) is 0 Å². The van der Waals surface area contributed by atoms with Crippen molar-refractivity contribution in [3.8, 4) is 17.4 Å². The van der Waals surface area contributed by atoms with Crippen LogP contribution in [0.5, 0.6) is 0 Å². The second-order valence-corrected chi connectivity index (χ2v) is 5.68. The molecule has 0 unspecified atom stereocenters. The fraction of sp³-hybridized carbons (Fsp3) is 0.389. The third kappa shape index (κ3) is 3.22. The van der Waals surface area contributed by atoms with E-state index in [1.54, 1.807) is 0 Å². The van der Waals surface area contributed by atoms with E-state index >= 15 is 0 Å². The maximum atomic E-state index is 9.19. The monoisotopic (exact) mass is 296 g/mol. The number of ether oxygens (including phenoxy) is 1. The Balaban J connectivity index is 1.72. The number of rotatable bonds is 4. The first kappa shape index (κ1) is 14.8. The molecule has 4 nitrogen and oxygen atoms in total. The zero-order valence-electron chi connectivity index (χ0n) is 12.8. The third-order valence-electron chi connectivity index (χ3n) is 4.19. The van der Waals surface area contributed by atoms with Gasteiger partial charge in [0.25, 0.3) is 0 Å². The average Bonchev–Trinajstić information content (AvgIpc) is 3.04. The van der Waals surface area contributed by atoms with E-state index in [9.17, 15) is 5.26 Å². The highest BCUT2D eigenvalue weighted by atomic mass is 16.5. The van der Waals surface area contributed by atoms with Gasteiger partial charge in [-0.2, -0.15) is 5.26 Å². The van der Waals surface area contributed by atoms with Crippen LogP contribution in [-0.4, -0.2) is 31.2 Å². The van der Waals surface area contributed by atoms with Crippen molar-refractivity contribution in [3.63, 3.8) is 0 Å². The molecule has 0 N–H and O–H groups in total. The Hall–Kier alpha value is -2.09. The molecule has 0 atom stereocenters. The molecule has 1 aliphatic rings. The molecule has 0 aliphatic carbocycles. The molecule has 1 saturated heterocycles. The summed E-state index contributed by atoms with van der Waals surface area (Å²) in [5.41, 5.74) is 1.49. The predicted octanol–water partition coefficient (Wildman–Crippen LogP) is 3.43. The summed E-state index contributed by atoms with van der Waals surface area (Å²) in [4.78, 5) is 2.32. The number of hydrogen-bond donors (Lipinski definition) is 0. The van der Waals surface area contributed by atoms with Crippen molar-refractivity contribution in [2.75, 3.05) is 20.3 Å². The Morgan fingerprint density at radius 3 is 2.73 bits per heavy atom. The lowest BCUT2D eigenvalue weighted by atomic mass is 10.1. The minimum absolute atomic E-state index is 0.550. The first-order valence-electron chi connectivity index (χ1n) is 7.64. The Morgan fingerprint density at radius 1 is 1.18 bits per heavy atom. The third-order valence-corrected chi connectivity index (χ3v) is 4.19. The van der Waals surface area contributed by atoms with Gasteiger partial charge in [0.1, 0.15) is 11.5 Å². The SMILES string of the molecule is CN(Cc1ccc(-c2ccccc2C#N)o1)C1CCOCC1. The van der Waals surface area contributed by atoms with Crippen molar-refractivity contribution < 1.29 is 9.15 Å². The number of nitriles is 1. The summed E-state index contributed by atoms with van der Waals surface area (Å²) >= 11 is 0. The van der Waals surface area contributed by atoms with E-state index in [4.69, 9.17) is 9.15 Å². The van der Waals surface area contributed by atoms with Crippen molar-refractivity contribution >= 4 is 0 Å². The lowest BCUT2D eigenvalue weighted by Crippen LogP contribution is -2.36. The smallest absolute Gasteiger partial charge is 0.135 e. The van der Waals surface area contributed by atoms with Crippen molar-refractivity contribution in [3.05, 3.63) is 47.7 Å². The van der Waals surface area contributed by atoms with Gasteiger partial charge in [-0.3, -0.25) is 4.90 Å². The predicted molar refractivity (Wildman–Crippen MR) is 84.2 cm³/mol. The standard InChI is InChI=1S/C18H20N2O2/c1-20(15-8-10-21-11-9-15)13-16-6-7-18(22-16)17-5-3-2-4-14(17)12-19/h2-7,15H,8-11,13H2,1H3. The number of nitrogens with zero attached hydrogens (tertiary/aromatic N) is 2. The van der Waals surface area contributed by atoms with Gasteiger partial charge in [-0.05, 0) is 44.2 Å². The van der Waals surface area contributed by atoms with Gasteiger partial charge >= 0.3 is 0 Å². The van der Waals surface area contributed by atoms with Gasteiger partial charge in [-0.1, -0.05) is 12.1 Å². The summed E-state index contributed by atoms with van der Waals surface area (Å²) < 4.78 is 11.4. The maximum absolute atomic E-state index is 9.19. The van der Waals surface area contributed by atoms with E-state index in [0.717, 1.165) is 49.7 Å². The van der Waals surface area contributed by atoms with Crippen LogP contribution in [0.2, 0.25) is 0 Å². The molecule has 0 radical (unpaired) electrons. The summed E-state index contributed by atoms with van der Waals surface area (Å²) in [6, 6.07) is 14.2. The van der Waals surface area contributed by atoms with Crippen LogP contribution in [0.1, 0.15) is 24.2 Å². The van der Waals surface area contributed by atoms with Crippen LogP contribution in [0.25, 0.3) is 11.3 Å². The van der Waals surface area contributed by atoms with Crippen LogP contribution in [0.15, 0.2) is 40.8 Å². The van der Waals surface area contributed by atoms with E-state index in [2.05, 4.69) is 18.0 Å². The zero-order valence-corrected chi connectivity index (χ0v) is 12.8. The summed E-state index contributed by atoms with van der Waals surface area (Å²) in [6.45, 7) is 2.46. The van der Waals surface area contributed by atoms with Crippen LogP contribution in [0.3, 0.4) is 0 Å². The molecule has 1 aliphatic heterocycles.